The maximum absolute atomic E-state index is 9.07. The molecule has 0 aliphatic rings. The summed E-state index contributed by atoms with van der Waals surface area (Å²) in [5.74, 6) is 0. The van der Waals surface area contributed by atoms with Gasteiger partial charge in [-0.25, -0.2) is 0 Å². The van der Waals surface area contributed by atoms with Crippen LogP contribution < -0.4 is 0 Å². The summed E-state index contributed by atoms with van der Waals surface area (Å²) in [5.41, 5.74) is 0. The van der Waals surface area contributed by atoms with Crippen LogP contribution in [0.1, 0.15) is 27.2 Å². The minimum Gasteiger partial charge on any atom is -0.410 e. The number of rotatable bonds is 6. The Labute approximate surface area is 115 Å². The number of aliphatic hydroxyl groups is 1. The molecule has 4 heteroatoms. The van der Waals surface area contributed by atoms with Crippen LogP contribution in [0, 0.1) is 0 Å². The molecule has 0 fully saturated rings. The van der Waals surface area contributed by atoms with Gasteiger partial charge in [-0.15, -0.1) is 0 Å². The zero-order valence-corrected chi connectivity index (χ0v) is 14.1. The van der Waals surface area contributed by atoms with Crippen molar-refractivity contribution < 1.29 is 9.53 Å². The maximum Gasteiger partial charge on any atom is 0.192 e. The molecule has 0 bridgehead atoms. The molecule has 0 amide bonds. The summed E-state index contributed by atoms with van der Waals surface area (Å²) in [5, 5.41) is 9.26. The van der Waals surface area contributed by atoms with Crippen molar-refractivity contribution in [1.29, 1.82) is 0 Å². The Morgan fingerprint density at radius 2 is 1.88 bits per heavy atom. The van der Waals surface area contributed by atoms with Gasteiger partial charge >= 0.3 is 0 Å². The third-order valence-corrected chi connectivity index (χ3v) is 7.99. The second-order valence-electron chi connectivity index (χ2n) is 5.63. The summed E-state index contributed by atoms with van der Waals surface area (Å²) in [6.45, 7) is 11.3. The van der Waals surface area contributed by atoms with E-state index < -0.39 is 8.32 Å². The molecule has 1 N–H and O–H groups in total. The molecule has 0 aromatic rings. The Bertz CT molecular complexity index is 267. The highest BCUT2D eigenvalue weighted by molar-refractivity contribution is 9.11. The quantitative estimate of drug-likeness (QED) is 0.586. The van der Waals surface area contributed by atoms with Gasteiger partial charge in [0.15, 0.2) is 8.32 Å². The molecule has 100 valence electrons. The lowest BCUT2D eigenvalue weighted by molar-refractivity contribution is 0.174. The fourth-order valence-corrected chi connectivity index (χ4v) is 2.59. The predicted molar refractivity (Wildman–Crippen MR) is 81.0 cm³/mol. The molecule has 17 heavy (non-hydrogen) atoms. The summed E-state index contributed by atoms with van der Waals surface area (Å²) in [6.07, 6.45) is 6.51. The van der Waals surface area contributed by atoms with Crippen molar-refractivity contribution in [1.82, 2.24) is 0 Å². The summed E-state index contributed by atoms with van der Waals surface area (Å²) in [6, 6.07) is 0. The molecule has 2 nitrogen and oxygen atoms in total. The average Bonchev–Trinajstić information content (AvgIpc) is 2.16. The lowest BCUT2D eigenvalue weighted by atomic mass is 10.2. The van der Waals surface area contributed by atoms with E-state index in [0.29, 0.717) is 6.42 Å². The van der Waals surface area contributed by atoms with E-state index in [4.69, 9.17) is 9.53 Å². The summed E-state index contributed by atoms with van der Waals surface area (Å²) in [4.78, 5) is 1.80. The standard InChI is InChI=1S/C13H25BrO2Si/c1-13(2,3)17(4,5)16-12(9-11-15)8-6-7-10-14/h6-8,10,12,15H,9,11H2,1-5H3/b8-6+,10-7+/t12-/m0/s1. The van der Waals surface area contributed by atoms with Gasteiger partial charge in [-0.3, -0.25) is 0 Å². The molecule has 0 saturated heterocycles. The first-order valence-corrected chi connectivity index (χ1v) is 9.79. The van der Waals surface area contributed by atoms with E-state index in [2.05, 4.69) is 49.8 Å². The van der Waals surface area contributed by atoms with Crippen molar-refractivity contribution in [3.05, 3.63) is 23.2 Å². The second-order valence-corrected chi connectivity index (χ2v) is 10.9. The fraction of sp³-hybridized carbons (Fsp3) is 0.692. The van der Waals surface area contributed by atoms with E-state index >= 15 is 0 Å². The molecule has 0 aliphatic carbocycles. The highest BCUT2D eigenvalue weighted by Crippen LogP contribution is 2.37. The molecule has 0 unspecified atom stereocenters. The van der Waals surface area contributed by atoms with Crippen LogP contribution in [0.25, 0.3) is 0 Å². The second kappa shape index (κ2) is 7.51. The highest BCUT2D eigenvalue weighted by atomic mass is 79.9. The topological polar surface area (TPSA) is 29.5 Å². The smallest absolute Gasteiger partial charge is 0.192 e. The monoisotopic (exact) mass is 320 g/mol. The average molecular weight is 321 g/mol. The molecular formula is C13H25BrO2Si. The van der Waals surface area contributed by atoms with E-state index in [0.717, 1.165) is 0 Å². The molecule has 0 saturated carbocycles. The van der Waals surface area contributed by atoms with Crippen LogP contribution in [0.3, 0.4) is 0 Å². The van der Waals surface area contributed by atoms with Crippen molar-refractivity contribution >= 4 is 24.2 Å². The van der Waals surface area contributed by atoms with Gasteiger partial charge in [0.2, 0.25) is 0 Å². The van der Waals surface area contributed by atoms with Gasteiger partial charge in [-0.05, 0) is 29.5 Å². The van der Waals surface area contributed by atoms with Gasteiger partial charge < -0.3 is 9.53 Å². The highest BCUT2D eigenvalue weighted by Gasteiger charge is 2.38. The van der Waals surface area contributed by atoms with Gasteiger partial charge in [0.1, 0.15) is 0 Å². The van der Waals surface area contributed by atoms with Crippen LogP contribution in [0.2, 0.25) is 18.1 Å². The number of hydrogen-bond donors (Lipinski definition) is 1. The number of aliphatic hydroxyl groups excluding tert-OH is 1. The van der Waals surface area contributed by atoms with E-state index in [1.165, 1.54) is 0 Å². The molecule has 0 spiro atoms. The van der Waals surface area contributed by atoms with E-state index in [1.54, 1.807) is 4.99 Å². The van der Waals surface area contributed by atoms with Crippen molar-refractivity contribution in [2.45, 2.75) is 51.4 Å². The molecule has 0 aromatic heterocycles. The summed E-state index contributed by atoms with van der Waals surface area (Å²) >= 11 is 3.22. The summed E-state index contributed by atoms with van der Waals surface area (Å²) in [7, 11) is -1.76. The molecule has 0 heterocycles. The minimum absolute atomic E-state index is 0.00425. The van der Waals surface area contributed by atoms with Crippen LogP contribution in [0.5, 0.6) is 0 Å². The van der Waals surface area contributed by atoms with Crippen LogP contribution >= 0.6 is 15.9 Å². The molecule has 0 aliphatic heterocycles. The predicted octanol–water partition coefficient (Wildman–Crippen LogP) is 4.22. The maximum atomic E-state index is 9.07. The Hall–Kier alpha value is 0.0969. The number of hydrogen-bond acceptors (Lipinski definition) is 2. The van der Waals surface area contributed by atoms with Crippen molar-refractivity contribution in [3.63, 3.8) is 0 Å². The van der Waals surface area contributed by atoms with E-state index in [-0.39, 0.29) is 17.7 Å². The molecule has 0 aromatic carbocycles. The van der Waals surface area contributed by atoms with Gasteiger partial charge in [0, 0.05) is 6.61 Å². The van der Waals surface area contributed by atoms with E-state index in [1.807, 2.05) is 18.2 Å². The Balaban J connectivity index is 4.64. The number of halogens is 1. The zero-order valence-electron chi connectivity index (χ0n) is 11.5. The Morgan fingerprint density at radius 1 is 1.29 bits per heavy atom. The largest absolute Gasteiger partial charge is 0.410 e. The van der Waals surface area contributed by atoms with Crippen LogP contribution in [-0.4, -0.2) is 26.1 Å². The lowest BCUT2D eigenvalue weighted by Crippen LogP contribution is -2.43. The SMILES string of the molecule is CC(C)(C)[Si](C)(C)O[C@@H](/C=C/C=C/Br)CCO. The lowest BCUT2D eigenvalue weighted by Gasteiger charge is -2.38. The Morgan fingerprint density at radius 3 is 2.29 bits per heavy atom. The zero-order chi connectivity index (χ0) is 13.5. The third kappa shape index (κ3) is 6.55. The molecule has 1 atom stereocenters. The molecule has 0 rings (SSSR count). The minimum atomic E-state index is -1.76. The van der Waals surface area contributed by atoms with Crippen LogP contribution in [0.4, 0.5) is 0 Å². The summed E-state index contributed by atoms with van der Waals surface area (Å²) < 4.78 is 6.23. The van der Waals surface area contributed by atoms with Crippen molar-refractivity contribution in [3.8, 4) is 0 Å². The first kappa shape index (κ1) is 17.1. The van der Waals surface area contributed by atoms with Crippen molar-refractivity contribution in [2.75, 3.05) is 6.61 Å². The first-order valence-electron chi connectivity index (χ1n) is 5.97. The fourth-order valence-electron chi connectivity index (χ4n) is 1.11. The van der Waals surface area contributed by atoms with E-state index in [9.17, 15) is 0 Å². The van der Waals surface area contributed by atoms with Crippen LogP contribution in [-0.2, 0) is 4.43 Å². The van der Waals surface area contributed by atoms with Gasteiger partial charge in [0.05, 0.1) is 6.10 Å². The third-order valence-electron chi connectivity index (χ3n) is 3.18. The Kier molecular flexibility index (Phi) is 7.56. The van der Waals surface area contributed by atoms with Gasteiger partial charge in [-0.2, -0.15) is 0 Å². The number of allylic oxidation sites excluding steroid dienone is 2. The van der Waals surface area contributed by atoms with Crippen LogP contribution in [0.15, 0.2) is 23.2 Å². The normalized spacial score (nSPS) is 15.9. The van der Waals surface area contributed by atoms with Gasteiger partial charge in [0.25, 0.3) is 0 Å². The first-order chi connectivity index (χ1) is 7.74. The van der Waals surface area contributed by atoms with Gasteiger partial charge in [-0.1, -0.05) is 54.9 Å². The molecular weight excluding hydrogens is 296 g/mol. The van der Waals surface area contributed by atoms with Crippen molar-refractivity contribution in [2.24, 2.45) is 0 Å². The molecule has 0 radical (unpaired) electrons.